The standard InChI is InChI=1S/C12H17BrO2.C11H13BrO3.CH3.BrH.Mg/c1-12(2,14)7-4-8-15-11-6-3-5-10(13)9-11;1-14-11(13)6-3-7-15-10-5-2-4-9(12)8-10;;;/h3,5-6,9,14H,4,7-8H2,1-2H3;2,4-5,8H,3,6-7H2,1H3;1H3;1H;/q;;-1;;+2/p-1. The molecule has 2 aromatic rings. The summed E-state index contributed by atoms with van der Waals surface area (Å²) in [6, 6.07) is 15.4. The van der Waals surface area contributed by atoms with Gasteiger partial charge in [0.1, 0.15) is 11.5 Å². The molecule has 0 saturated heterocycles. The van der Waals surface area contributed by atoms with Crippen LogP contribution in [0.1, 0.15) is 39.5 Å². The van der Waals surface area contributed by atoms with E-state index in [1.807, 2.05) is 62.4 Å². The van der Waals surface area contributed by atoms with Crippen LogP contribution in [0.15, 0.2) is 57.5 Å². The Morgan fingerprint density at radius 1 is 0.939 bits per heavy atom. The Hall–Kier alpha value is -0.324. The third kappa shape index (κ3) is 20.7. The third-order valence-electron chi connectivity index (χ3n) is 3.82. The number of aliphatic hydroxyl groups is 1. The Bertz CT molecular complexity index is 770. The summed E-state index contributed by atoms with van der Waals surface area (Å²) >= 11 is 6.73. The molecule has 2 aromatic carbocycles. The van der Waals surface area contributed by atoms with Gasteiger partial charge in [0.25, 0.3) is 0 Å². The molecule has 0 spiro atoms. The van der Waals surface area contributed by atoms with Gasteiger partial charge in [-0.3, -0.25) is 4.79 Å². The Kier molecular flexibility index (Phi) is 23.7. The van der Waals surface area contributed by atoms with E-state index in [9.17, 15) is 9.90 Å². The quantitative estimate of drug-likeness (QED) is 0.183. The molecule has 0 radical (unpaired) electrons. The minimum Gasteiger partial charge on any atom is -1.00 e. The van der Waals surface area contributed by atoms with Crippen molar-refractivity contribution in [2.24, 2.45) is 0 Å². The molecular weight excluding hydrogens is 632 g/mol. The number of esters is 1. The third-order valence-corrected chi connectivity index (χ3v) is 4.80. The fraction of sp³-hybridized carbons (Fsp3) is 0.417. The van der Waals surface area contributed by atoms with Crippen molar-refractivity contribution in [3.05, 3.63) is 64.9 Å². The second-order valence-corrected chi connectivity index (χ2v) is 9.04. The van der Waals surface area contributed by atoms with Gasteiger partial charge in [-0.05, 0) is 69.5 Å². The molecule has 0 aromatic heterocycles. The summed E-state index contributed by atoms with van der Waals surface area (Å²) in [5, 5.41) is 9.50. The average molecular weight is 666 g/mol. The largest absolute Gasteiger partial charge is 2.00 e. The van der Waals surface area contributed by atoms with Gasteiger partial charge in [0.05, 0.1) is 25.9 Å². The van der Waals surface area contributed by atoms with Gasteiger partial charge in [-0.1, -0.05) is 44.0 Å². The fourth-order valence-electron chi connectivity index (χ4n) is 2.32. The van der Waals surface area contributed by atoms with Gasteiger partial charge in [-0.2, -0.15) is 0 Å². The van der Waals surface area contributed by atoms with Crippen LogP contribution in [0.2, 0.25) is 0 Å². The van der Waals surface area contributed by atoms with E-state index in [0.29, 0.717) is 26.1 Å². The van der Waals surface area contributed by atoms with Gasteiger partial charge in [0.15, 0.2) is 0 Å². The number of methoxy groups -OCH3 is 1. The van der Waals surface area contributed by atoms with E-state index >= 15 is 0 Å². The molecule has 0 heterocycles. The van der Waals surface area contributed by atoms with Gasteiger partial charge in [0, 0.05) is 15.4 Å². The van der Waals surface area contributed by atoms with Gasteiger partial charge < -0.3 is 43.7 Å². The summed E-state index contributed by atoms with van der Waals surface area (Å²) in [6.45, 7) is 4.78. The summed E-state index contributed by atoms with van der Waals surface area (Å²) in [5.41, 5.74) is -0.597. The van der Waals surface area contributed by atoms with E-state index in [-0.39, 0.29) is 53.4 Å². The van der Waals surface area contributed by atoms with Crippen LogP contribution < -0.4 is 26.5 Å². The number of hydrogen-bond acceptors (Lipinski definition) is 5. The molecule has 5 nitrogen and oxygen atoms in total. The van der Waals surface area contributed by atoms with Gasteiger partial charge in [-0.15, -0.1) is 0 Å². The minimum atomic E-state index is -0.597. The number of ether oxygens (including phenoxy) is 3. The maximum Gasteiger partial charge on any atom is 2.00 e. The predicted octanol–water partition coefficient (Wildman–Crippen LogP) is 3.23. The van der Waals surface area contributed by atoms with Crippen molar-refractivity contribution < 1.29 is 41.1 Å². The number of hydrogen-bond donors (Lipinski definition) is 1. The molecule has 0 aliphatic carbocycles. The van der Waals surface area contributed by atoms with E-state index in [2.05, 4.69) is 36.6 Å². The van der Waals surface area contributed by atoms with E-state index in [1.54, 1.807) is 0 Å². The van der Waals surface area contributed by atoms with Crippen molar-refractivity contribution in [1.29, 1.82) is 0 Å². The monoisotopic (exact) mass is 662 g/mol. The van der Waals surface area contributed by atoms with Crippen molar-refractivity contribution >= 4 is 60.9 Å². The van der Waals surface area contributed by atoms with Crippen LogP contribution in [0.5, 0.6) is 11.5 Å². The first-order valence-corrected chi connectivity index (χ1v) is 11.3. The Balaban J connectivity index is -0.000000500. The van der Waals surface area contributed by atoms with Crippen molar-refractivity contribution in [1.82, 2.24) is 0 Å². The van der Waals surface area contributed by atoms with Gasteiger partial charge >= 0.3 is 29.0 Å². The van der Waals surface area contributed by atoms with Crippen LogP contribution in [0.4, 0.5) is 0 Å². The minimum absolute atomic E-state index is 0. The summed E-state index contributed by atoms with van der Waals surface area (Å²) in [4.78, 5) is 10.8. The molecule has 1 N–H and O–H groups in total. The van der Waals surface area contributed by atoms with Crippen LogP contribution in [0, 0.1) is 7.43 Å². The molecule has 2 rings (SSSR count). The second kappa shape index (κ2) is 21.0. The molecule has 0 amide bonds. The van der Waals surface area contributed by atoms with Gasteiger partial charge in [0.2, 0.25) is 0 Å². The molecule has 0 unspecified atom stereocenters. The molecule has 33 heavy (non-hydrogen) atoms. The molecule has 9 heteroatoms. The molecule has 0 atom stereocenters. The Labute approximate surface area is 242 Å². The zero-order valence-electron chi connectivity index (χ0n) is 19.8. The first-order chi connectivity index (χ1) is 14.2. The van der Waals surface area contributed by atoms with E-state index < -0.39 is 5.60 Å². The SMILES string of the molecule is CC(C)(O)CCCOc1cccc(Br)c1.COC(=O)CCCOc1cccc(Br)c1.[Br-].[CH3-].[Mg+2]. The number of benzene rings is 2. The summed E-state index contributed by atoms with van der Waals surface area (Å²) < 4.78 is 17.5. The molecule has 182 valence electrons. The first kappa shape index (κ1) is 37.2. The first-order valence-electron chi connectivity index (χ1n) is 9.75. The molecular formula is C24H33Br3MgO5. The smallest absolute Gasteiger partial charge is 1.00 e. The number of carbonyl (C=O) groups is 1. The Morgan fingerprint density at radius 2 is 1.39 bits per heavy atom. The van der Waals surface area contributed by atoms with Crippen molar-refractivity contribution in [2.45, 2.75) is 45.1 Å². The molecule has 0 aliphatic rings. The Morgan fingerprint density at radius 3 is 1.79 bits per heavy atom. The maximum absolute atomic E-state index is 10.8. The van der Waals surface area contributed by atoms with Crippen molar-refractivity contribution in [3.63, 3.8) is 0 Å². The molecule has 0 aliphatic heterocycles. The van der Waals surface area contributed by atoms with Gasteiger partial charge in [-0.25, -0.2) is 0 Å². The summed E-state index contributed by atoms with van der Waals surface area (Å²) in [5.74, 6) is 1.46. The summed E-state index contributed by atoms with van der Waals surface area (Å²) in [7, 11) is 1.39. The van der Waals surface area contributed by atoms with Crippen molar-refractivity contribution in [3.8, 4) is 11.5 Å². The van der Waals surface area contributed by atoms with Crippen molar-refractivity contribution in [2.75, 3.05) is 20.3 Å². The topological polar surface area (TPSA) is 65.0 Å². The number of rotatable bonds is 10. The molecule has 0 bridgehead atoms. The zero-order valence-corrected chi connectivity index (χ0v) is 26.0. The second-order valence-electron chi connectivity index (χ2n) is 7.21. The van der Waals surface area contributed by atoms with Crippen LogP contribution in [-0.2, 0) is 9.53 Å². The van der Waals surface area contributed by atoms with Crippen LogP contribution in [0.3, 0.4) is 0 Å². The average Bonchev–Trinajstić information content (AvgIpc) is 2.68. The van der Waals surface area contributed by atoms with E-state index in [1.165, 1.54) is 7.11 Å². The number of halogens is 3. The normalized spacial score (nSPS) is 9.64. The predicted molar refractivity (Wildman–Crippen MR) is 138 cm³/mol. The molecule has 0 fully saturated rings. The summed E-state index contributed by atoms with van der Waals surface area (Å²) in [6.07, 6.45) is 2.67. The zero-order chi connectivity index (χ0) is 22.4. The van der Waals surface area contributed by atoms with E-state index in [0.717, 1.165) is 33.3 Å². The van der Waals surface area contributed by atoms with Crippen LogP contribution in [-0.4, -0.2) is 60.1 Å². The fourth-order valence-corrected chi connectivity index (χ4v) is 3.07. The van der Waals surface area contributed by atoms with Crippen LogP contribution >= 0.6 is 31.9 Å². The number of carbonyl (C=O) groups excluding carboxylic acids is 1. The van der Waals surface area contributed by atoms with E-state index in [4.69, 9.17) is 9.47 Å². The van der Waals surface area contributed by atoms with Crippen LogP contribution in [0.25, 0.3) is 0 Å². The maximum atomic E-state index is 10.8. The molecule has 0 saturated carbocycles.